The first-order valence-electron chi connectivity index (χ1n) is 8.00. The van der Waals surface area contributed by atoms with Crippen LogP contribution in [0.25, 0.3) is 0 Å². The van der Waals surface area contributed by atoms with Crippen molar-refractivity contribution in [1.29, 1.82) is 0 Å². The van der Waals surface area contributed by atoms with Crippen molar-refractivity contribution in [2.24, 2.45) is 5.92 Å². The summed E-state index contributed by atoms with van der Waals surface area (Å²) in [4.78, 5) is 22.8. The number of hydrogen-bond donors (Lipinski definition) is 2. The van der Waals surface area contributed by atoms with Gasteiger partial charge in [0.05, 0.1) is 5.69 Å². The van der Waals surface area contributed by atoms with Crippen molar-refractivity contribution in [2.45, 2.75) is 29.3 Å². The molecule has 0 amide bonds. The van der Waals surface area contributed by atoms with Crippen LogP contribution in [0, 0.1) is 5.92 Å². The minimum absolute atomic E-state index is 0.277. The van der Waals surface area contributed by atoms with Crippen LogP contribution in [0.2, 0.25) is 0 Å². The van der Waals surface area contributed by atoms with Crippen molar-refractivity contribution in [3.63, 3.8) is 0 Å². The van der Waals surface area contributed by atoms with E-state index in [0.29, 0.717) is 5.92 Å². The second-order valence-corrected chi connectivity index (χ2v) is 7.29. The van der Waals surface area contributed by atoms with Gasteiger partial charge in [-0.3, -0.25) is 9.69 Å². The highest BCUT2D eigenvalue weighted by atomic mass is 32.2. The van der Waals surface area contributed by atoms with E-state index in [9.17, 15) is 4.79 Å². The number of fused-ring (bicyclic) bond motifs is 2. The smallest absolute Gasteiger partial charge is 0.303 e. The fourth-order valence-corrected chi connectivity index (χ4v) is 4.03. The van der Waals surface area contributed by atoms with E-state index in [0.717, 1.165) is 47.5 Å². The van der Waals surface area contributed by atoms with Crippen LogP contribution in [0.15, 0.2) is 40.5 Å². The number of carboxylic acids is 1. The summed E-state index contributed by atoms with van der Waals surface area (Å²) in [5.41, 5.74) is 2.33. The molecule has 0 radical (unpaired) electrons. The van der Waals surface area contributed by atoms with Crippen LogP contribution in [-0.4, -0.2) is 39.0 Å². The molecule has 0 saturated carbocycles. The second kappa shape index (κ2) is 6.41. The van der Waals surface area contributed by atoms with E-state index < -0.39 is 5.97 Å². The van der Waals surface area contributed by atoms with Gasteiger partial charge in [0, 0.05) is 43.3 Å². The Morgan fingerprint density at radius 1 is 1.33 bits per heavy atom. The van der Waals surface area contributed by atoms with Crippen molar-refractivity contribution >= 4 is 29.2 Å². The predicted octanol–water partition coefficient (Wildman–Crippen LogP) is 2.98. The first kappa shape index (κ1) is 15.4. The molecule has 1 fully saturated rings. The molecule has 0 atom stereocenters. The summed E-state index contributed by atoms with van der Waals surface area (Å²) >= 11 is 1.63. The van der Waals surface area contributed by atoms with Crippen LogP contribution >= 0.6 is 11.8 Å². The van der Waals surface area contributed by atoms with Gasteiger partial charge in [-0.1, -0.05) is 17.8 Å². The van der Waals surface area contributed by atoms with Gasteiger partial charge in [0.1, 0.15) is 5.03 Å². The van der Waals surface area contributed by atoms with Gasteiger partial charge in [0.25, 0.3) is 0 Å². The number of rotatable bonds is 5. The maximum Gasteiger partial charge on any atom is 0.303 e. The fraction of sp³-hybridized carbons (Fsp3) is 0.353. The number of carboxylic acid groups (broad SMARTS) is 1. The standard InChI is InChI=1S/C17H18N4O2S/c22-15(23)4-2-12-9-21(10-12)8-11-1-3-14-13(7-11)20-16-17(24-14)19-6-5-18-16/h1,3,5-7,12H,2,4,8-10H2,(H,18,20)(H,22,23). The van der Waals surface area contributed by atoms with Gasteiger partial charge in [-0.05, 0) is 30.0 Å². The zero-order chi connectivity index (χ0) is 16.5. The number of carbonyl (C=O) groups is 1. The topological polar surface area (TPSA) is 78.4 Å². The Balaban J connectivity index is 1.37. The third kappa shape index (κ3) is 3.22. The van der Waals surface area contributed by atoms with E-state index >= 15 is 0 Å². The SMILES string of the molecule is O=C(O)CCC1CN(Cc2ccc3c(c2)Nc2nccnc2S3)C1. The Bertz CT molecular complexity index is 777. The molecule has 0 aliphatic carbocycles. The third-order valence-corrected chi connectivity index (χ3v) is 5.44. The van der Waals surface area contributed by atoms with Gasteiger partial charge in [0.2, 0.25) is 0 Å². The molecule has 124 valence electrons. The third-order valence-electron chi connectivity index (χ3n) is 4.37. The molecule has 2 aromatic rings. The van der Waals surface area contributed by atoms with Crippen molar-refractivity contribution in [3.8, 4) is 0 Å². The van der Waals surface area contributed by atoms with Gasteiger partial charge >= 0.3 is 5.97 Å². The number of benzene rings is 1. The molecule has 0 bridgehead atoms. The summed E-state index contributed by atoms with van der Waals surface area (Å²) in [5.74, 6) is 0.634. The number of hydrogen-bond acceptors (Lipinski definition) is 6. The summed E-state index contributed by atoms with van der Waals surface area (Å²) in [6.45, 7) is 2.87. The molecule has 0 unspecified atom stereocenters. The van der Waals surface area contributed by atoms with Gasteiger partial charge in [0.15, 0.2) is 5.82 Å². The Morgan fingerprint density at radius 3 is 3.00 bits per heavy atom. The van der Waals surface area contributed by atoms with Gasteiger partial charge in [-0.15, -0.1) is 0 Å². The maximum atomic E-state index is 10.6. The van der Waals surface area contributed by atoms with E-state index in [1.165, 1.54) is 5.56 Å². The Labute approximate surface area is 144 Å². The number of nitrogens with zero attached hydrogens (tertiary/aromatic N) is 3. The molecular formula is C17H18N4O2S. The number of likely N-dealkylation sites (tertiary alicyclic amines) is 1. The van der Waals surface area contributed by atoms with E-state index in [2.05, 4.69) is 38.4 Å². The van der Waals surface area contributed by atoms with Crippen LogP contribution in [-0.2, 0) is 11.3 Å². The zero-order valence-electron chi connectivity index (χ0n) is 13.1. The molecule has 1 saturated heterocycles. The van der Waals surface area contributed by atoms with Crippen molar-refractivity contribution in [2.75, 3.05) is 18.4 Å². The van der Waals surface area contributed by atoms with Crippen molar-refractivity contribution in [3.05, 3.63) is 36.2 Å². The molecule has 7 heteroatoms. The number of aliphatic carboxylic acids is 1. The highest BCUT2D eigenvalue weighted by molar-refractivity contribution is 7.99. The Kier molecular flexibility index (Phi) is 4.12. The zero-order valence-corrected chi connectivity index (χ0v) is 13.9. The minimum atomic E-state index is -0.699. The highest BCUT2D eigenvalue weighted by Crippen LogP contribution is 2.42. The van der Waals surface area contributed by atoms with Crippen LogP contribution in [0.5, 0.6) is 0 Å². The lowest BCUT2D eigenvalue weighted by molar-refractivity contribution is -0.137. The lowest BCUT2D eigenvalue weighted by atomic mass is 9.94. The first-order valence-corrected chi connectivity index (χ1v) is 8.82. The fourth-order valence-electron chi connectivity index (χ4n) is 3.15. The molecule has 0 spiro atoms. The normalized spacial score (nSPS) is 16.7. The van der Waals surface area contributed by atoms with Crippen LogP contribution < -0.4 is 5.32 Å². The average Bonchev–Trinajstić information content (AvgIpc) is 2.54. The molecule has 1 aromatic carbocycles. The Morgan fingerprint density at radius 2 is 2.17 bits per heavy atom. The van der Waals surface area contributed by atoms with E-state index in [-0.39, 0.29) is 6.42 Å². The van der Waals surface area contributed by atoms with E-state index in [1.807, 2.05) is 0 Å². The number of nitrogens with one attached hydrogen (secondary N) is 1. The maximum absolute atomic E-state index is 10.6. The van der Waals surface area contributed by atoms with Gasteiger partial charge in [-0.25, -0.2) is 9.97 Å². The van der Waals surface area contributed by atoms with Crippen LogP contribution in [0.1, 0.15) is 18.4 Å². The molecule has 6 nitrogen and oxygen atoms in total. The predicted molar refractivity (Wildman–Crippen MR) is 91.5 cm³/mol. The van der Waals surface area contributed by atoms with Gasteiger partial charge < -0.3 is 10.4 Å². The molecule has 2 N–H and O–H groups in total. The molecular weight excluding hydrogens is 324 g/mol. The summed E-state index contributed by atoms with van der Waals surface area (Å²) in [5, 5.41) is 13.0. The second-order valence-electron chi connectivity index (χ2n) is 6.26. The highest BCUT2D eigenvalue weighted by Gasteiger charge is 2.27. The van der Waals surface area contributed by atoms with E-state index in [4.69, 9.17) is 5.11 Å². The largest absolute Gasteiger partial charge is 0.481 e. The minimum Gasteiger partial charge on any atom is -0.481 e. The Hall–Kier alpha value is -2.12. The lowest BCUT2D eigenvalue weighted by Gasteiger charge is -2.39. The molecule has 3 heterocycles. The molecule has 2 aliphatic rings. The lowest BCUT2D eigenvalue weighted by Crippen LogP contribution is -2.45. The molecule has 24 heavy (non-hydrogen) atoms. The van der Waals surface area contributed by atoms with Gasteiger partial charge in [-0.2, -0.15) is 0 Å². The van der Waals surface area contributed by atoms with Crippen molar-refractivity contribution < 1.29 is 9.90 Å². The summed E-state index contributed by atoms with van der Waals surface area (Å²) in [7, 11) is 0. The quantitative estimate of drug-likeness (QED) is 0.738. The number of aromatic nitrogens is 2. The number of anilines is 2. The summed E-state index contributed by atoms with van der Waals surface area (Å²) < 4.78 is 0. The summed E-state index contributed by atoms with van der Waals surface area (Å²) in [6, 6.07) is 6.45. The summed E-state index contributed by atoms with van der Waals surface area (Å²) in [6.07, 6.45) is 4.46. The van der Waals surface area contributed by atoms with Crippen LogP contribution in [0.3, 0.4) is 0 Å². The molecule has 1 aromatic heterocycles. The first-order chi connectivity index (χ1) is 11.7. The van der Waals surface area contributed by atoms with Crippen LogP contribution in [0.4, 0.5) is 11.5 Å². The van der Waals surface area contributed by atoms with E-state index in [1.54, 1.807) is 24.2 Å². The molecule has 4 rings (SSSR count). The van der Waals surface area contributed by atoms with Crippen molar-refractivity contribution in [1.82, 2.24) is 14.9 Å². The molecule has 2 aliphatic heterocycles. The average molecular weight is 342 g/mol. The monoisotopic (exact) mass is 342 g/mol.